The summed E-state index contributed by atoms with van der Waals surface area (Å²) in [6.45, 7) is 2.70. The van der Waals surface area contributed by atoms with Gasteiger partial charge in [-0.15, -0.1) is 10.2 Å². The lowest BCUT2D eigenvalue weighted by molar-refractivity contribution is 0.0997. The highest BCUT2D eigenvalue weighted by Crippen LogP contribution is 2.30. The van der Waals surface area contributed by atoms with Crippen LogP contribution in [0.15, 0.2) is 66.7 Å². The van der Waals surface area contributed by atoms with Crippen LogP contribution in [0.4, 0.5) is 8.78 Å². The molecule has 0 unspecified atom stereocenters. The molecule has 0 aliphatic heterocycles. The second-order valence-electron chi connectivity index (χ2n) is 9.16. The first-order valence-electron chi connectivity index (χ1n) is 12.7. The molecule has 2 heterocycles. The summed E-state index contributed by atoms with van der Waals surface area (Å²) in [5.41, 5.74) is 4.82. The number of halogens is 3. The number of benzene rings is 3. The van der Waals surface area contributed by atoms with Gasteiger partial charge in [0.15, 0.2) is 5.15 Å². The quantitative estimate of drug-likeness (QED) is 0.197. The molecule has 0 radical (unpaired) electrons. The summed E-state index contributed by atoms with van der Waals surface area (Å²) in [6, 6.07) is 19.5. The van der Waals surface area contributed by atoms with E-state index in [1.165, 1.54) is 0 Å². The van der Waals surface area contributed by atoms with Crippen LogP contribution in [0.3, 0.4) is 0 Å². The number of nitrogens with zero attached hydrogens (tertiary/aromatic N) is 5. The number of hydrogen-bond acceptors (Lipinski definition) is 5. The molecule has 0 saturated carbocycles. The highest BCUT2D eigenvalue weighted by Gasteiger charge is 2.17. The number of nitrogens with one attached hydrogen (secondary N) is 1. The number of rotatable bonds is 11. The SMILES string of the molecule is CCCCc1nc(Cl)c(COCc2cc(F)ccc2F)n1Cc1ccc(-c2ccccc2-c2nn[nH]n2)cc1. The third-order valence-electron chi connectivity index (χ3n) is 6.48. The lowest BCUT2D eigenvalue weighted by Gasteiger charge is -2.14. The van der Waals surface area contributed by atoms with Crippen LogP contribution in [0.5, 0.6) is 0 Å². The molecule has 3 aromatic carbocycles. The van der Waals surface area contributed by atoms with Gasteiger partial charge in [-0.2, -0.15) is 5.21 Å². The molecule has 0 bridgehead atoms. The number of hydrogen-bond donors (Lipinski definition) is 1. The van der Waals surface area contributed by atoms with Crippen molar-refractivity contribution < 1.29 is 13.5 Å². The number of H-pyrrole nitrogens is 1. The third-order valence-corrected chi connectivity index (χ3v) is 6.78. The summed E-state index contributed by atoms with van der Waals surface area (Å²) in [7, 11) is 0. The highest BCUT2D eigenvalue weighted by atomic mass is 35.5. The lowest BCUT2D eigenvalue weighted by Crippen LogP contribution is -2.10. The van der Waals surface area contributed by atoms with Crippen LogP contribution in [0.2, 0.25) is 5.15 Å². The number of aromatic amines is 1. The minimum Gasteiger partial charge on any atom is -0.370 e. The zero-order valence-corrected chi connectivity index (χ0v) is 22.1. The monoisotopic (exact) mass is 548 g/mol. The fraction of sp³-hybridized carbons (Fsp3) is 0.241. The standard InChI is InChI=1S/C29H27ClF2N6O/c1-2-3-8-27-33-28(30)26(18-39-17-21-15-22(31)13-14-25(21)32)38(27)16-19-9-11-20(12-10-19)23-6-4-5-7-24(23)29-34-36-37-35-29/h4-7,9-15H,2-3,8,16-18H2,1H3,(H,34,35,36,37). The Kier molecular flexibility index (Phi) is 8.39. The van der Waals surface area contributed by atoms with Crippen molar-refractivity contribution in [2.75, 3.05) is 0 Å². The summed E-state index contributed by atoms with van der Waals surface area (Å²) in [4.78, 5) is 4.60. The number of aryl methyl sites for hydroxylation is 1. The normalized spacial score (nSPS) is 11.3. The molecular formula is C29H27ClF2N6O. The summed E-state index contributed by atoms with van der Waals surface area (Å²) < 4.78 is 35.4. The Morgan fingerprint density at radius 3 is 2.51 bits per heavy atom. The molecule has 1 N–H and O–H groups in total. The van der Waals surface area contributed by atoms with Crippen molar-refractivity contribution in [2.24, 2.45) is 0 Å². The van der Waals surface area contributed by atoms with Gasteiger partial charge in [-0.05, 0) is 46.5 Å². The van der Waals surface area contributed by atoms with Crippen LogP contribution in [0.25, 0.3) is 22.5 Å². The Hall–Kier alpha value is -3.95. The van der Waals surface area contributed by atoms with Crippen molar-refractivity contribution in [1.82, 2.24) is 30.2 Å². The van der Waals surface area contributed by atoms with Crippen LogP contribution in [-0.2, 0) is 30.9 Å². The largest absolute Gasteiger partial charge is 0.370 e. The van der Waals surface area contributed by atoms with Gasteiger partial charge in [0, 0.05) is 24.1 Å². The Morgan fingerprint density at radius 2 is 1.77 bits per heavy atom. The maximum absolute atomic E-state index is 14.0. The van der Waals surface area contributed by atoms with Gasteiger partial charge in [0.05, 0.1) is 18.9 Å². The molecule has 0 aliphatic carbocycles. The van der Waals surface area contributed by atoms with E-state index >= 15 is 0 Å². The van der Waals surface area contributed by atoms with Crippen molar-refractivity contribution in [1.29, 1.82) is 0 Å². The van der Waals surface area contributed by atoms with Gasteiger partial charge in [-0.25, -0.2) is 13.8 Å². The molecule has 39 heavy (non-hydrogen) atoms. The maximum Gasteiger partial charge on any atom is 0.205 e. The minimum atomic E-state index is -0.513. The van der Waals surface area contributed by atoms with Gasteiger partial charge in [-0.3, -0.25) is 0 Å². The maximum atomic E-state index is 14.0. The first kappa shape index (κ1) is 26.6. The van der Waals surface area contributed by atoms with Crippen LogP contribution < -0.4 is 0 Å². The van der Waals surface area contributed by atoms with E-state index in [0.717, 1.165) is 65.5 Å². The van der Waals surface area contributed by atoms with E-state index in [4.69, 9.17) is 16.3 Å². The summed E-state index contributed by atoms with van der Waals surface area (Å²) in [5.74, 6) is 0.374. The average molecular weight is 549 g/mol. The van der Waals surface area contributed by atoms with E-state index in [0.29, 0.717) is 23.2 Å². The predicted molar refractivity (Wildman–Crippen MR) is 145 cm³/mol. The number of ether oxygens (including phenoxy) is 1. The summed E-state index contributed by atoms with van der Waals surface area (Å²) in [6.07, 6.45) is 2.75. The van der Waals surface area contributed by atoms with E-state index in [-0.39, 0.29) is 18.8 Å². The topological polar surface area (TPSA) is 81.5 Å². The molecule has 0 spiro atoms. The van der Waals surface area contributed by atoms with Gasteiger partial charge < -0.3 is 9.30 Å². The third kappa shape index (κ3) is 6.21. The lowest BCUT2D eigenvalue weighted by atomic mass is 9.98. The molecule has 0 aliphatic rings. The molecule has 0 amide bonds. The van der Waals surface area contributed by atoms with Crippen molar-refractivity contribution in [2.45, 2.75) is 45.9 Å². The van der Waals surface area contributed by atoms with E-state index in [1.807, 2.05) is 24.3 Å². The van der Waals surface area contributed by atoms with E-state index in [9.17, 15) is 8.78 Å². The molecule has 0 atom stereocenters. The summed E-state index contributed by atoms with van der Waals surface area (Å²) in [5, 5.41) is 14.8. The zero-order valence-electron chi connectivity index (χ0n) is 21.4. The second kappa shape index (κ2) is 12.3. The molecule has 5 rings (SSSR count). The van der Waals surface area contributed by atoms with E-state index < -0.39 is 11.6 Å². The fourth-order valence-corrected chi connectivity index (χ4v) is 4.70. The number of imidazole rings is 1. The van der Waals surface area contributed by atoms with Gasteiger partial charge in [0.2, 0.25) is 5.82 Å². The van der Waals surface area contributed by atoms with Gasteiger partial charge >= 0.3 is 0 Å². The Balaban J connectivity index is 1.37. The van der Waals surface area contributed by atoms with Crippen molar-refractivity contribution >= 4 is 11.6 Å². The Morgan fingerprint density at radius 1 is 0.974 bits per heavy atom. The number of tetrazole rings is 1. The molecule has 0 fully saturated rings. The van der Waals surface area contributed by atoms with E-state index in [1.54, 1.807) is 0 Å². The average Bonchev–Trinajstić information content (AvgIpc) is 3.59. The van der Waals surface area contributed by atoms with Crippen molar-refractivity contribution in [3.63, 3.8) is 0 Å². The predicted octanol–water partition coefficient (Wildman–Crippen LogP) is 6.77. The molecule has 2 aromatic heterocycles. The van der Waals surface area contributed by atoms with Gasteiger partial charge in [-0.1, -0.05) is 73.5 Å². The van der Waals surface area contributed by atoms with Crippen molar-refractivity contribution in [3.05, 3.63) is 106 Å². The van der Waals surface area contributed by atoms with Crippen LogP contribution in [-0.4, -0.2) is 30.2 Å². The Labute approximate surface area is 229 Å². The molecule has 7 nitrogen and oxygen atoms in total. The first-order chi connectivity index (χ1) is 19.0. The number of aromatic nitrogens is 6. The van der Waals surface area contributed by atoms with Gasteiger partial charge in [0.1, 0.15) is 17.5 Å². The summed E-state index contributed by atoms with van der Waals surface area (Å²) >= 11 is 6.54. The molecule has 0 saturated heterocycles. The van der Waals surface area contributed by atoms with Gasteiger partial charge in [0.25, 0.3) is 0 Å². The molecule has 200 valence electrons. The highest BCUT2D eigenvalue weighted by molar-refractivity contribution is 6.30. The van der Waals surface area contributed by atoms with Crippen LogP contribution in [0.1, 0.15) is 42.4 Å². The fourth-order valence-electron chi connectivity index (χ4n) is 4.44. The molecule has 5 aromatic rings. The minimum absolute atomic E-state index is 0.0795. The first-order valence-corrected chi connectivity index (χ1v) is 13.1. The number of unbranched alkanes of at least 4 members (excludes halogenated alkanes) is 1. The molecule has 10 heteroatoms. The second-order valence-corrected chi connectivity index (χ2v) is 9.52. The Bertz CT molecular complexity index is 1540. The zero-order chi connectivity index (χ0) is 27.2. The smallest absolute Gasteiger partial charge is 0.205 e. The van der Waals surface area contributed by atoms with Crippen LogP contribution in [0, 0.1) is 11.6 Å². The van der Waals surface area contributed by atoms with Crippen LogP contribution >= 0.6 is 11.6 Å². The van der Waals surface area contributed by atoms with Crippen molar-refractivity contribution in [3.8, 4) is 22.5 Å². The van der Waals surface area contributed by atoms with E-state index in [2.05, 4.69) is 61.4 Å². The molecular weight excluding hydrogens is 522 g/mol.